The summed E-state index contributed by atoms with van der Waals surface area (Å²) in [5, 5.41) is 2.12. The highest BCUT2D eigenvalue weighted by molar-refractivity contribution is 5.99. The number of carbonyl (C=O) groups excluding carboxylic acids is 2. The molecule has 1 heterocycles. The molecular weight excluding hydrogens is 423 g/mol. The van der Waals surface area contributed by atoms with Crippen LogP contribution < -0.4 is 5.32 Å². The molecule has 0 aliphatic carbocycles. The molecule has 2 aromatic carbocycles. The summed E-state index contributed by atoms with van der Waals surface area (Å²) in [5.41, 5.74) is -2.05. The predicted octanol–water partition coefficient (Wildman–Crippen LogP) is 4.86. The summed E-state index contributed by atoms with van der Waals surface area (Å²) in [6, 6.07) is 9.67. The first-order chi connectivity index (χ1) is 14.6. The smallest absolute Gasteiger partial charge is 0.418 e. The number of nitrogens with zero attached hydrogens (tertiary/aromatic N) is 1. The Kier molecular flexibility index (Phi) is 6.38. The number of furan rings is 1. The minimum atomic E-state index is -4.70. The van der Waals surface area contributed by atoms with Gasteiger partial charge in [0.1, 0.15) is 23.9 Å². The van der Waals surface area contributed by atoms with E-state index in [0.29, 0.717) is 6.07 Å². The maximum Gasteiger partial charge on any atom is 0.418 e. The molecule has 0 unspecified atom stereocenters. The molecule has 10 heteroatoms. The van der Waals surface area contributed by atoms with Gasteiger partial charge in [-0.1, -0.05) is 12.1 Å². The molecule has 2 amide bonds. The molecule has 0 radical (unpaired) electrons. The average Bonchev–Trinajstić information content (AvgIpc) is 3.20. The van der Waals surface area contributed by atoms with Gasteiger partial charge in [0.15, 0.2) is 0 Å². The van der Waals surface area contributed by atoms with Crippen molar-refractivity contribution in [1.82, 2.24) is 4.90 Å². The fourth-order valence-electron chi connectivity index (χ4n) is 2.83. The number of carbonyl (C=O) groups is 2. The molecule has 5 nitrogen and oxygen atoms in total. The summed E-state index contributed by atoms with van der Waals surface area (Å²) in [4.78, 5) is 26.1. The highest BCUT2D eigenvalue weighted by Crippen LogP contribution is 2.34. The van der Waals surface area contributed by atoms with Gasteiger partial charge in [0.25, 0.3) is 5.91 Å². The van der Waals surface area contributed by atoms with Gasteiger partial charge < -0.3 is 14.6 Å². The molecule has 31 heavy (non-hydrogen) atoms. The second-order valence-electron chi connectivity index (χ2n) is 6.46. The molecular formula is C21H15F5N2O3. The fourth-order valence-corrected chi connectivity index (χ4v) is 2.83. The maximum absolute atomic E-state index is 14.1. The lowest BCUT2D eigenvalue weighted by Crippen LogP contribution is -2.38. The van der Waals surface area contributed by atoms with E-state index in [1.807, 2.05) is 0 Å². The Morgan fingerprint density at radius 3 is 2.39 bits per heavy atom. The number of amides is 2. The van der Waals surface area contributed by atoms with Crippen LogP contribution in [0.1, 0.15) is 21.7 Å². The van der Waals surface area contributed by atoms with E-state index in [1.54, 1.807) is 0 Å². The first-order valence-corrected chi connectivity index (χ1v) is 8.88. The first-order valence-electron chi connectivity index (χ1n) is 8.88. The Bertz CT molecular complexity index is 1080. The topological polar surface area (TPSA) is 62.6 Å². The summed E-state index contributed by atoms with van der Waals surface area (Å²) in [7, 11) is 0. The van der Waals surface area contributed by atoms with Crippen molar-refractivity contribution >= 4 is 17.5 Å². The molecule has 0 atom stereocenters. The van der Waals surface area contributed by atoms with Gasteiger partial charge >= 0.3 is 6.18 Å². The zero-order valence-corrected chi connectivity index (χ0v) is 15.7. The molecule has 3 rings (SSSR count). The molecule has 162 valence electrons. The number of hydrogen-bond acceptors (Lipinski definition) is 3. The molecule has 0 aliphatic rings. The summed E-state index contributed by atoms with van der Waals surface area (Å²) in [6.45, 7) is -0.973. The normalized spacial score (nSPS) is 11.3. The zero-order chi connectivity index (χ0) is 22.6. The van der Waals surface area contributed by atoms with E-state index in [0.717, 1.165) is 29.2 Å². The van der Waals surface area contributed by atoms with Gasteiger partial charge in [0.05, 0.1) is 29.6 Å². The summed E-state index contributed by atoms with van der Waals surface area (Å²) in [6.07, 6.45) is -3.39. The van der Waals surface area contributed by atoms with E-state index in [4.69, 9.17) is 4.42 Å². The van der Waals surface area contributed by atoms with Crippen LogP contribution in [0.3, 0.4) is 0 Å². The lowest BCUT2D eigenvalue weighted by Gasteiger charge is -2.22. The maximum atomic E-state index is 14.1. The number of rotatable bonds is 6. The van der Waals surface area contributed by atoms with Crippen molar-refractivity contribution in [3.63, 3.8) is 0 Å². The van der Waals surface area contributed by atoms with E-state index in [9.17, 15) is 31.5 Å². The lowest BCUT2D eigenvalue weighted by atomic mass is 10.1. The van der Waals surface area contributed by atoms with Gasteiger partial charge in [-0.15, -0.1) is 0 Å². The van der Waals surface area contributed by atoms with Crippen molar-refractivity contribution in [2.24, 2.45) is 0 Å². The van der Waals surface area contributed by atoms with Gasteiger partial charge in [-0.05, 0) is 36.4 Å². The monoisotopic (exact) mass is 438 g/mol. The summed E-state index contributed by atoms with van der Waals surface area (Å²) < 4.78 is 71.8. The van der Waals surface area contributed by atoms with E-state index >= 15 is 0 Å². The lowest BCUT2D eigenvalue weighted by molar-refractivity contribution is -0.137. The van der Waals surface area contributed by atoms with Crippen molar-refractivity contribution in [3.05, 3.63) is 89.4 Å². The molecule has 0 saturated carbocycles. The molecule has 0 bridgehead atoms. The van der Waals surface area contributed by atoms with E-state index < -0.39 is 53.0 Å². The number of anilines is 1. The van der Waals surface area contributed by atoms with Gasteiger partial charge in [0, 0.05) is 6.07 Å². The minimum Gasteiger partial charge on any atom is -0.467 e. The number of halogens is 5. The van der Waals surface area contributed by atoms with Crippen LogP contribution >= 0.6 is 0 Å². The van der Waals surface area contributed by atoms with Crippen molar-refractivity contribution < 1.29 is 36.0 Å². The van der Waals surface area contributed by atoms with E-state index in [2.05, 4.69) is 5.32 Å². The molecule has 0 saturated heterocycles. The Morgan fingerprint density at radius 1 is 1.00 bits per heavy atom. The van der Waals surface area contributed by atoms with E-state index in [-0.39, 0.29) is 12.3 Å². The van der Waals surface area contributed by atoms with E-state index in [1.165, 1.54) is 30.5 Å². The zero-order valence-electron chi connectivity index (χ0n) is 15.7. The van der Waals surface area contributed by atoms with Gasteiger partial charge in [-0.3, -0.25) is 9.59 Å². The second kappa shape index (κ2) is 8.99. The minimum absolute atomic E-state index is 0.249. The molecule has 1 N–H and O–H groups in total. The largest absolute Gasteiger partial charge is 0.467 e. The van der Waals surface area contributed by atoms with Crippen molar-refractivity contribution in [2.45, 2.75) is 12.7 Å². The Labute approximate surface area is 173 Å². The van der Waals surface area contributed by atoms with Crippen molar-refractivity contribution in [3.8, 4) is 0 Å². The Morgan fingerprint density at radius 2 is 1.74 bits per heavy atom. The van der Waals surface area contributed by atoms with Crippen LogP contribution in [-0.2, 0) is 17.5 Å². The first kappa shape index (κ1) is 22.0. The molecule has 0 aliphatic heterocycles. The SMILES string of the molecule is O=C(CN(Cc1ccco1)C(=O)c1ccc(F)cc1F)Nc1ccccc1C(F)(F)F. The van der Waals surface area contributed by atoms with Crippen LogP contribution in [0, 0.1) is 11.6 Å². The van der Waals surface area contributed by atoms with Gasteiger partial charge in [-0.2, -0.15) is 13.2 Å². The van der Waals surface area contributed by atoms with Gasteiger partial charge in [-0.25, -0.2) is 8.78 Å². The van der Waals surface area contributed by atoms with Crippen LogP contribution in [0.2, 0.25) is 0 Å². The van der Waals surface area contributed by atoms with Crippen LogP contribution in [0.25, 0.3) is 0 Å². The average molecular weight is 438 g/mol. The molecule has 0 fully saturated rings. The summed E-state index contributed by atoms with van der Waals surface area (Å²) >= 11 is 0. The highest BCUT2D eigenvalue weighted by atomic mass is 19.4. The van der Waals surface area contributed by atoms with Crippen LogP contribution in [0.5, 0.6) is 0 Å². The number of benzene rings is 2. The number of hydrogen-bond donors (Lipinski definition) is 1. The standard InChI is InChI=1S/C21H15F5N2O3/c22-13-7-8-15(17(23)10-13)20(30)28(11-14-4-3-9-31-14)12-19(29)27-18-6-2-1-5-16(18)21(24,25)26/h1-10H,11-12H2,(H,27,29). The summed E-state index contributed by atoms with van der Waals surface area (Å²) in [5.74, 6) is -3.70. The molecule has 3 aromatic rings. The number of para-hydroxylation sites is 1. The number of nitrogens with one attached hydrogen (secondary N) is 1. The quantitative estimate of drug-likeness (QED) is 0.560. The Balaban J connectivity index is 1.84. The molecule has 1 aromatic heterocycles. The predicted molar refractivity (Wildman–Crippen MR) is 99.9 cm³/mol. The number of alkyl halides is 3. The van der Waals surface area contributed by atoms with Crippen LogP contribution in [0.15, 0.2) is 65.3 Å². The second-order valence-corrected chi connectivity index (χ2v) is 6.46. The third-order valence-electron chi connectivity index (χ3n) is 4.22. The van der Waals surface area contributed by atoms with Gasteiger partial charge in [0.2, 0.25) is 5.91 Å². The van der Waals surface area contributed by atoms with Crippen LogP contribution in [-0.4, -0.2) is 23.3 Å². The fraction of sp³-hybridized carbons (Fsp3) is 0.143. The highest BCUT2D eigenvalue weighted by Gasteiger charge is 2.34. The van der Waals surface area contributed by atoms with Crippen LogP contribution in [0.4, 0.5) is 27.6 Å². The van der Waals surface area contributed by atoms with Crippen molar-refractivity contribution in [1.29, 1.82) is 0 Å². The third-order valence-corrected chi connectivity index (χ3v) is 4.22. The Hall–Kier alpha value is -3.69. The molecule has 0 spiro atoms. The van der Waals surface area contributed by atoms with Crippen molar-refractivity contribution in [2.75, 3.05) is 11.9 Å². The third kappa shape index (κ3) is 5.47.